The molecule has 0 spiro atoms. The molecule has 0 aromatic carbocycles. The molecule has 0 unspecified atom stereocenters. The molecule has 0 amide bonds. The molecule has 0 bridgehead atoms. The summed E-state index contributed by atoms with van der Waals surface area (Å²) in [5.41, 5.74) is 0. The summed E-state index contributed by atoms with van der Waals surface area (Å²) in [6.07, 6.45) is 27.6. The van der Waals surface area contributed by atoms with E-state index < -0.39 is 11.9 Å². The van der Waals surface area contributed by atoms with E-state index in [0.29, 0.717) is 0 Å². The molecule has 5 heteroatoms. The summed E-state index contributed by atoms with van der Waals surface area (Å²) in [6, 6.07) is 0. The van der Waals surface area contributed by atoms with Gasteiger partial charge in [-0.1, -0.05) is 170 Å². The van der Waals surface area contributed by atoms with Crippen molar-refractivity contribution in [2.24, 2.45) is 0 Å². The summed E-state index contributed by atoms with van der Waals surface area (Å²) in [6.45, 7) is 13.2. The topological polar surface area (TPSA) is 80.3 Å². The van der Waals surface area contributed by atoms with Crippen molar-refractivity contribution in [2.75, 3.05) is 0 Å². The first-order valence-electron chi connectivity index (χ1n) is 15.8. The van der Waals surface area contributed by atoms with Gasteiger partial charge in [-0.15, -0.1) is 0 Å². The second-order valence-electron chi connectivity index (χ2n) is 9.90. The Morgan fingerprint density at radius 2 is 0.541 bits per heavy atom. The van der Waals surface area contributed by atoms with Crippen molar-refractivity contribution in [3.8, 4) is 0 Å². The molecular formula is C32H66O4Sn. The van der Waals surface area contributed by atoms with Crippen molar-refractivity contribution >= 4 is 35.8 Å². The van der Waals surface area contributed by atoms with Crippen LogP contribution in [-0.4, -0.2) is 35.8 Å². The van der Waals surface area contributed by atoms with Crippen LogP contribution in [0.1, 0.15) is 196 Å². The van der Waals surface area contributed by atoms with Crippen LogP contribution in [0.4, 0.5) is 0 Å². The summed E-state index contributed by atoms with van der Waals surface area (Å²) in [4.78, 5) is 20.2. The van der Waals surface area contributed by atoms with Gasteiger partial charge in [0.2, 0.25) is 0 Å². The Bertz CT molecular complexity index is 349. The Morgan fingerprint density at radius 3 is 0.703 bits per heavy atom. The molecule has 2 radical (unpaired) electrons. The maximum Gasteiger partial charge on any atom is 2.00 e. The number of carbonyl (C=O) groups is 2. The number of unbranched alkanes of at least 4 members (excludes halogenated alkanes) is 18. The van der Waals surface area contributed by atoms with Gasteiger partial charge in [-0.05, 0) is 25.7 Å². The molecule has 0 rings (SSSR count). The third-order valence-corrected chi connectivity index (χ3v) is 5.97. The zero-order valence-electron chi connectivity index (χ0n) is 26.1. The van der Waals surface area contributed by atoms with E-state index in [0.717, 1.165) is 25.7 Å². The second-order valence-corrected chi connectivity index (χ2v) is 9.90. The number of carboxylic acid groups (broad SMARTS) is 2. The van der Waals surface area contributed by atoms with E-state index in [9.17, 15) is 19.8 Å². The van der Waals surface area contributed by atoms with Gasteiger partial charge in [-0.3, -0.25) is 0 Å². The van der Waals surface area contributed by atoms with Gasteiger partial charge in [0.1, 0.15) is 0 Å². The molecule has 0 atom stereocenters. The molecule has 0 N–H and O–H groups in total. The van der Waals surface area contributed by atoms with Crippen molar-refractivity contribution in [1.82, 2.24) is 0 Å². The molecule has 0 aliphatic rings. The Kier molecular flexibility index (Phi) is 61.4. The normalized spacial score (nSPS) is 9.46. The summed E-state index contributed by atoms with van der Waals surface area (Å²) in [5.74, 6) is -1.82. The first-order valence-corrected chi connectivity index (χ1v) is 15.8. The van der Waals surface area contributed by atoms with Crippen molar-refractivity contribution in [2.45, 2.75) is 196 Å². The van der Waals surface area contributed by atoms with Gasteiger partial charge in [0.05, 0.1) is 0 Å². The number of aliphatic carboxylic acids is 2. The molecule has 0 heterocycles. The predicted molar refractivity (Wildman–Crippen MR) is 161 cm³/mol. The molecule has 222 valence electrons. The third kappa shape index (κ3) is 72.2. The molecule has 0 aromatic heterocycles. The molecule has 0 fully saturated rings. The van der Waals surface area contributed by atoms with E-state index in [1.165, 1.54) is 116 Å². The monoisotopic (exact) mass is 634 g/mol. The number of hydrogen-bond acceptors (Lipinski definition) is 4. The minimum absolute atomic E-state index is 0. The van der Waals surface area contributed by atoms with Crippen LogP contribution in [0.25, 0.3) is 0 Å². The summed E-state index contributed by atoms with van der Waals surface area (Å²) in [7, 11) is 0. The standard InChI is InChI=1S/2C12H24O2.2C4H10.Sn/c2*1-2-3-4-5-6-7-8-9-10-11-12(13)14;2*1-3-4-2;/h2*2-11H2,1H3,(H,13,14);2*3-4H2,1-2H3;/q;;;;+2/p-2. The van der Waals surface area contributed by atoms with Crippen LogP contribution in [-0.2, 0) is 9.59 Å². The fourth-order valence-corrected chi connectivity index (χ4v) is 3.16. The van der Waals surface area contributed by atoms with E-state index in [1.807, 2.05) is 0 Å². The Balaban J connectivity index is -0.000000140. The first-order chi connectivity index (χ1) is 17.4. The SMILES string of the molecule is CCCC.CCCC.CCCCCCCCCCCC(=O)[O-].CCCCCCCCCCCC(=O)[O-].[Sn+2]. The fourth-order valence-electron chi connectivity index (χ4n) is 3.16. The van der Waals surface area contributed by atoms with E-state index in [2.05, 4.69) is 41.5 Å². The van der Waals surface area contributed by atoms with Crippen molar-refractivity contribution in [3.63, 3.8) is 0 Å². The largest absolute Gasteiger partial charge is 2.00 e. The number of hydrogen-bond donors (Lipinski definition) is 0. The van der Waals surface area contributed by atoms with Crippen LogP contribution in [0.3, 0.4) is 0 Å². The minimum atomic E-state index is -0.909. The number of carboxylic acids is 2. The zero-order chi connectivity index (χ0) is 28.1. The first kappa shape index (κ1) is 46.6. The third-order valence-electron chi connectivity index (χ3n) is 5.97. The molecule has 0 saturated carbocycles. The molecular weight excluding hydrogens is 567 g/mol. The maximum absolute atomic E-state index is 10.1. The minimum Gasteiger partial charge on any atom is -0.550 e. The van der Waals surface area contributed by atoms with Gasteiger partial charge in [0, 0.05) is 11.9 Å². The van der Waals surface area contributed by atoms with Gasteiger partial charge in [0.25, 0.3) is 0 Å². The maximum atomic E-state index is 10.1. The van der Waals surface area contributed by atoms with Crippen molar-refractivity contribution in [3.05, 3.63) is 0 Å². The van der Waals surface area contributed by atoms with E-state index in [-0.39, 0.29) is 36.7 Å². The average molecular weight is 634 g/mol. The summed E-state index contributed by atoms with van der Waals surface area (Å²) < 4.78 is 0. The van der Waals surface area contributed by atoms with Crippen LogP contribution < -0.4 is 10.2 Å². The Hall–Kier alpha value is -0.261. The Labute approximate surface area is 250 Å². The van der Waals surface area contributed by atoms with Crippen molar-refractivity contribution < 1.29 is 19.8 Å². The van der Waals surface area contributed by atoms with Gasteiger partial charge in [0.15, 0.2) is 0 Å². The van der Waals surface area contributed by atoms with E-state index >= 15 is 0 Å². The number of rotatable bonds is 22. The molecule has 0 saturated heterocycles. The average Bonchev–Trinajstić information content (AvgIpc) is 2.87. The van der Waals surface area contributed by atoms with Crippen molar-refractivity contribution in [1.29, 1.82) is 0 Å². The van der Waals surface area contributed by atoms with Gasteiger partial charge in [-0.2, -0.15) is 0 Å². The molecule has 0 aliphatic heterocycles. The quantitative estimate of drug-likeness (QED) is 0.0884. The summed E-state index contributed by atoms with van der Waals surface area (Å²) in [5, 5.41) is 20.2. The van der Waals surface area contributed by atoms with Crippen LogP contribution in [0, 0.1) is 0 Å². The molecule has 37 heavy (non-hydrogen) atoms. The zero-order valence-corrected chi connectivity index (χ0v) is 29.0. The van der Waals surface area contributed by atoms with Crippen LogP contribution >= 0.6 is 0 Å². The fraction of sp³-hybridized carbons (Fsp3) is 0.938. The molecule has 0 aliphatic carbocycles. The number of carbonyl (C=O) groups excluding carboxylic acids is 2. The van der Waals surface area contributed by atoms with Crippen LogP contribution in [0.15, 0.2) is 0 Å². The van der Waals surface area contributed by atoms with Crippen LogP contribution in [0.2, 0.25) is 0 Å². The Morgan fingerprint density at radius 1 is 0.351 bits per heavy atom. The smallest absolute Gasteiger partial charge is 0.550 e. The van der Waals surface area contributed by atoms with E-state index in [4.69, 9.17) is 0 Å². The van der Waals surface area contributed by atoms with Crippen LogP contribution in [0.5, 0.6) is 0 Å². The van der Waals surface area contributed by atoms with Gasteiger partial charge < -0.3 is 19.8 Å². The molecule has 4 nitrogen and oxygen atoms in total. The van der Waals surface area contributed by atoms with Gasteiger partial charge in [-0.25, -0.2) is 0 Å². The predicted octanol–water partition coefficient (Wildman–Crippen LogP) is 8.55. The summed E-state index contributed by atoms with van der Waals surface area (Å²) >= 11 is 0. The van der Waals surface area contributed by atoms with Gasteiger partial charge >= 0.3 is 23.9 Å². The second kappa shape index (κ2) is 48.8. The van der Waals surface area contributed by atoms with E-state index in [1.54, 1.807) is 0 Å². The molecule has 0 aromatic rings.